The number of carboxylic acid groups (broad SMARTS) is 1. The summed E-state index contributed by atoms with van der Waals surface area (Å²) >= 11 is 5.95. The number of nitrogens with zero attached hydrogens (tertiary/aromatic N) is 7. The van der Waals surface area contributed by atoms with Crippen LogP contribution in [0.4, 0.5) is 22.8 Å². The van der Waals surface area contributed by atoms with E-state index in [0.29, 0.717) is 11.5 Å². The monoisotopic (exact) mass is 603 g/mol. The van der Waals surface area contributed by atoms with Gasteiger partial charge in [0.05, 0.1) is 23.9 Å². The first-order valence-electron chi connectivity index (χ1n) is 12.0. The van der Waals surface area contributed by atoms with Crippen molar-refractivity contribution in [1.82, 2.24) is 29.1 Å². The number of benzene rings is 1. The third kappa shape index (κ3) is 6.28. The molecule has 0 saturated carbocycles. The van der Waals surface area contributed by atoms with Gasteiger partial charge in [0.1, 0.15) is 11.3 Å². The van der Waals surface area contributed by atoms with Gasteiger partial charge in [-0.05, 0) is 36.4 Å². The van der Waals surface area contributed by atoms with Crippen molar-refractivity contribution >= 4 is 34.8 Å². The van der Waals surface area contributed by atoms with Crippen molar-refractivity contribution in [1.29, 1.82) is 5.26 Å². The fourth-order valence-electron chi connectivity index (χ4n) is 3.88. The normalized spacial score (nSPS) is 11.3. The lowest BCUT2D eigenvalue weighted by Crippen LogP contribution is -2.39. The van der Waals surface area contributed by atoms with Crippen molar-refractivity contribution in [3.05, 3.63) is 81.0 Å². The van der Waals surface area contributed by atoms with E-state index in [2.05, 4.69) is 10.1 Å². The Bertz CT molecular complexity index is 1780. The van der Waals surface area contributed by atoms with Gasteiger partial charge in [-0.25, -0.2) is 14.6 Å². The quantitative estimate of drug-likeness (QED) is 0.325. The fraction of sp³-hybridized carbons (Fsp3) is 0.231. The number of fused-ring (bicyclic) bond motifs is 1. The first-order chi connectivity index (χ1) is 19.8. The van der Waals surface area contributed by atoms with Crippen LogP contribution in [0.25, 0.3) is 11.0 Å². The van der Waals surface area contributed by atoms with E-state index in [1.807, 2.05) is 0 Å². The summed E-state index contributed by atoms with van der Waals surface area (Å²) in [5, 5.41) is 22.8. The van der Waals surface area contributed by atoms with Crippen LogP contribution in [0.5, 0.6) is 11.5 Å². The molecule has 16 heteroatoms. The molecule has 0 fully saturated rings. The van der Waals surface area contributed by atoms with E-state index >= 15 is 0 Å². The summed E-state index contributed by atoms with van der Waals surface area (Å²) in [6.45, 7) is -0.315. The van der Waals surface area contributed by atoms with Gasteiger partial charge in [-0.15, -0.1) is 0 Å². The second kappa shape index (κ2) is 11.8. The predicted octanol–water partition coefficient (Wildman–Crippen LogP) is 4.49. The minimum atomic E-state index is -4.95. The van der Waals surface area contributed by atoms with Crippen LogP contribution >= 0.6 is 11.6 Å². The Hall–Kier alpha value is -5.10. The Morgan fingerprint density at radius 2 is 1.88 bits per heavy atom. The van der Waals surface area contributed by atoms with Crippen LogP contribution in [-0.4, -0.2) is 73.5 Å². The van der Waals surface area contributed by atoms with Crippen molar-refractivity contribution in [2.45, 2.75) is 12.7 Å². The first-order valence-corrected chi connectivity index (χ1v) is 12.4. The number of nitriles is 1. The van der Waals surface area contributed by atoms with Gasteiger partial charge < -0.3 is 24.2 Å². The highest BCUT2D eigenvalue weighted by Gasteiger charge is 2.37. The highest BCUT2D eigenvalue weighted by molar-refractivity contribution is 6.30. The molecule has 218 valence electrons. The van der Waals surface area contributed by atoms with Crippen molar-refractivity contribution < 1.29 is 32.6 Å². The zero-order valence-corrected chi connectivity index (χ0v) is 22.7. The molecule has 1 aromatic carbocycles. The molecule has 42 heavy (non-hydrogen) atoms. The molecule has 0 radical (unpaired) electrons. The number of carbonyl (C=O) groups excluding carboxylic acids is 1. The number of aromatic nitrogens is 4. The standard InChI is InChI=1S/C26H21ClF3N7O5/c1-34(8-9-35(2)25(40)41)24(39)37-22-18(4-3-6-32-22)20(33-37)14-36-7-5-19(26(28,29)30)21(23(36)38)42-17-11-15(13-31)10-16(27)12-17/h3-7,10-12H,8-9,14H2,1-2H3,(H,40,41). The highest BCUT2D eigenvalue weighted by Crippen LogP contribution is 2.36. The number of carbonyl (C=O) groups is 2. The Labute approximate surface area is 240 Å². The van der Waals surface area contributed by atoms with Crippen LogP contribution < -0.4 is 10.3 Å². The number of hydrogen-bond donors (Lipinski definition) is 1. The molecule has 0 saturated heterocycles. The Morgan fingerprint density at radius 1 is 1.17 bits per heavy atom. The summed E-state index contributed by atoms with van der Waals surface area (Å²) in [6.07, 6.45) is -3.79. The average molecular weight is 604 g/mol. The lowest BCUT2D eigenvalue weighted by atomic mass is 10.2. The topological polar surface area (TPSA) is 147 Å². The van der Waals surface area contributed by atoms with E-state index < -0.39 is 35.2 Å². The van der Waals surface area contributed by atoms with Gasteiger partial charge in [0.2, 0.25) is 5.75 Å². The molecule has 0 unspecified atom stereocenters. The largest absolute Gasteiger partial charge is 0.465 e. The first kappa shape index (κ1) is 29.9. The molecule has 0 atom stereocenters. The van der Waals surface area contributed by atoms with Crippen molar-refractivity contribution in [3.63, 3.8) is 0 Å². The van der Waals surface area contributed by atoms with Crippen molar-refractivity contribution in [2.24, 2.45) is 0 Å². The second-order valence-corrected chi connectivity index (χ2v) is 9.46. The summed E-state index contributed by atoms with van der Waals surface area (Å²) < 4.78 is 48.8. The van der Waals surface area contributed by atoms with Gasteiger partial charge >= 0.3 is 18.3 Å². The minimum absolute atomic E-state index is 0.0102. The summed E-state index contributed by atoms with van der Waals surface area (Å²) in [5.41, 5.74) is -2.23. The molecule has 1 N–H and O–H groups in total. The van der Waals surface area contributed by atoms with Crippen LogP contribution in [0.2, 0.25) is 5.02 Å². The van der Waals surface area contributed by atoms with E-state index in [-0.39, 0.29) is 47.3 Å². The number of amides is 2. The molecule has 12 nitrogen and oxygen atoms in total. The molecule has 0 spiro atoms. The Morgan fingerprint density at radius 3 is 2.55 bits per heavy atom. The Balaban J connectivity index is 1.73. The van der Waals surface area contributed by atoms with Gasteiger partial charge in [-0.3, -0.25) is 4.79 Å². The number of rotatable bonds is 7. The maximum atomic E-state index is 13.8. The predicted molar refractivity (Wildman–Crippen MR) is 143 cm³/mol. The zero-order valence-electron chi connectivity index (χ0n) is 22.0. The molecule has 4 aromatic rings. The maximum Gasteiger partial charge on any atom is 0.420 e. The number of alkyl halides is 3. The number of likely N-dealkylation sites (N-methyl/N-ethyl adjacent to an activating group) is 2. The molecule has 0 aliphatic carbocycles. The van der Waals surface area contributed by atoms with Crippen LogP contribution in [0.1, 0.15) is 16.8 Å². The lowest BCUT2D eigenvalue weighted by molar-refractivity contribution is -0.138. The van der Waals surface area contributed by atoms with Gasteiger partial charge in [-0.1, -0.05) is 11.6 Å². The van der Waals surface area contributed by atoms with Crippen LogP contribution in [0, 0.1) is 11.3 Å². The van der Waals surface area contributed by atoms with Crippen molar-refractivity contribution in [2.75, 3.05) is 27.2 Å². The molecule has 4 rings (SSSR count). The van der Waals surface area contributed by atoms with E-state index in [4.69, 9.17) is 26.7 Å². The molecular formula is C26H21ClF3N7O5. The summed E-state index contributed by atoms with van der Waals surface area (Å²) in [7, 11) is 2.78. The number of hydrogen-bond acceptors (Lipinski definition) is 7. The van der Waals surface area contributed by atoms with Crippen molar-refractivity contribution in [3.8, 4) is 17.6 Å². The SMILES string of the molecule is CN(CCN(C)C(=O)n1nc(Cn2ccc(C(F)(F)F)c(Oc3cc(Cl)cc(C#N)c3)c2=O)c2cccnc21)C(=O)O. The molecule has 3 aromatic heterocycles. The average Bonchev–Trinajstić information content (AvgIpc) is 3.30. The third-order valence-corrected chi connectivity index (χ3v) is 6.31. The lowest BCUT2D eigenvalue weighted by Gasteiger charge is -2.20. The van der Waals surface area contributed by atoms with Gasteiger partial charge in [0.15, 0.2) is 5.65 Å². The van der Waals surface area contributed by atoms with E-state index in [1.165, 1.54) is 31.3 Å². The Kier molecular flexibility index (Phi) is 8.39. The molecular weight excluding hydrogens is 583 g/mol. The second-order valence-electron chi connectivity index (χ2n) is 9.02. The summed E-state index contributed by atoms with van der Waals surface area (Å²) in [5.74, 6) is -1.29. The fourth-order valence-corrected chi connectivity index (χ4v) is 4.11. The molecule has 0 aliphatic rings. The molecule has 0 bridgehead atoms. The van der Waals surface area contributed by atoms with Crippen LogP contribution in [-0.2, 0) is 12.7 Å². The van der Waals surface area contributed by atoms with Gasteiger partial charge in [-0.2, -0.15) is 28.2 Å². The molecule has 3 heterocycles. The van der Waals surface area contributed by atoms with Crippen LogP contribution in [0.3, 0.4) is 0 Å². The smallest absolute Gasteiger partial charge is 0.420 e. The number of pyridine rings is 2. The number of ether oxygens (including phenoxy) is 1. The number of halogens is 4. The minimum Gasteiger partial charge on any atom is -0.465 e. The summed E-state index contributed by atoms with van der Waals surface area (Å²) in [4.78, 5) is 43.9. The third-order valence-electron chi connectivity index (χ3n) is 6.09. The van der Waals surface area contributed by atoms with E-state index in [9.17, 15) is 27.6 Å². The molecule has 2 amide bonds. The van der Waals surface area contributed by atoms with E-state index in [0.717, 1.165) is 32.5 Å². The highest BCUT2D eigenvalue weighted by atomic mass is 35.5. The van der Waals surface area contributed by atoms with Gasteiger partial charge in [0.25, 0.3) is 5.56 Å². The van der Waals surface area contributed by atoms with Crippen LogP contribution in [0.15, 0.2) is 53.6 Å². The molecule has 0 aliphatic heterocycles. The maximum absolute atomic E-state index is 13.8. The summed E-state index contributed by atoms with van der Waals surface area (Å²) in [6, 6.07) is 8.54. The zero-order chi connectivity index (χ0) is 30.8. The van der Waals surface area contributed by atoms with Gasteiger partial charge in [0, 0.05) is 50.0 Å². The van der Waals surface area contributed by atoms with E-state index in [1.54, 1.807) is 18.2 Å².